The second-order valence-electron chi connectivity index (χ2n) is 14.4. The van der Waals surface area contributed by atoms with E-state index in [0.717, 1.165) is 96.0 Å². The maximum atomic E-state index is 12.5. The summed E-state index contributed by atoms with van der Waals surface area (Å²) in [6.07, 6.45) is 6.04. The average Bonchev–Trinajstić information content (AvgIpc) is 4.09. The number of anilines is 2. The molecular weight excluding hydrogens is 851 g/mol. The number of nitrogens with one attached hydrogen (secondary N) is 3. The Balaban J connectivity index is 0.000000205. The summed E-state index contributed by atoms with van der Waals surface area (Å²) < 4.78 is 10.00. The fourth-order valence-electron chi connectivity index (χ4n) is 6.34. The number of aliphatic hydroxyl groups is 1. The van der Waals surface area contributed by atoms with Crippen molar-refractivity contribution >= 4 is 65.2 Å². The van der Waals surface area contributed by atoms with Crippen molar-refractivity contribution in [3.63, 3.8) is 0 Å². The lowest BCUT2D eigenvalue weighted by Gasteiger charge is -2.08. The molecule has 2 aromatic carbocycles. The van der Waals surface area contributed by atoms with Gasteiger partial charge in [0.15, 0.2) is 6.29 Å². The highest BCUT2D eigenvalue weighted by molar-refractivity contribution is 7.94. The fraction of sp³-hybridized carbons (Fsp3) is 0.245. The number of nitrogens with zero attached hydrogens (tertiary/aromatic N) is 2. The summed E-state index contributed by atoms with van der Waals surface area (Å²) in [6, 6.07) is 39.2. The standard InChI is InChI=1S/C21H18N2O3S.C11H8O.C10H12N2O3S.C4H9N.C2H6O.CH4/c1-23(2)25-26-27-16-10-11-20-18(13-16)19(21(24)22-20)12-15-9-8-14-6-4-3-5-7-17(14)15;12-8-10-7-6-9-4-2-1-3-5-11(9)10;1-12(2)14-15-16-8-3-4-9-7(5-8)6-10(13)11-9;1-2-4-5-3-1;1-2-3;/h3-13H,1-2H3,(H,22,24);1-8H;3-5H,6H2,1-2H3,(H,11,13);5H,1-4H2;3H,2H2,1H3;1H4/b19-12-;;;;;. The minimum Gasteiger partial charge on any atom is -0.397 e. The number of hydrogen-bond acceptors (Lipinski definition) is 13. The number of carbonyl (C=O) groups excluding carboxylic acids is 3. The second kappa shape index (κ2) is 27.0. The van der Waals surface area contributed by atoms with E-state index < -0.39 is 0 Å². The summed E-state index contributed by atoms with van der Waals surface area (Å²) in [6.45, 7) is 4.43. The summed E-state index contributed by atoms with van der Waals surface area (Å²) >= 11 is 2.21. The number of amides is 2. The molecule has 64 heavy (non-hydrogen) atoms. The quantitative estimate of drug-likeness (QED) is 0.0340. The lowest BCUT2D eigenvalue weighted by Crippen LogP contribution is -2.10. The maximum Gasteiger partial charge on any atom is 0.256 e. The molecule has 0 unspecified atom stereocenters. The van der Waals surface area contributed by atoms with Gasteiger partial charge < -0.3 is 21.1 Å². The maximum absolute atomic E-state index is 12.5. The molecule has 3 aliphatic heterocycles. The van der Waals surface area contributed by atoms with Crippen LogP contribution in [0.2, 0.25) is 0 Å². The van der Waals surface area contributed by atoms with E-state index in [1.807, 2.05) is 109 Å². The van der Waals surface area contributed by atoms with Gasteiger partial charge in [-0.2, -0.15) is 10.1 Å². The Hall–Kier alpha value is -5.43. The van der Waals surface area contributed by atoms with E-state index in [1.165, 1.54) is 36.1 Å². The minimum atomic E-state index is -0.104. The highest BCUT2D eigenvalue weighted by atomic mass is 32.2. The van der Waals surface area contributed by atoms with Crippen LogP contribution in [0.5, 0.6) is 0 Å². The van der Waals surface area contributed by atoms with Gasteiger partial charge in [0.1, 0.15) is 0 Å². The van der Waals surface area contributed by atoms with Gasteiger partial charge >= 0.3 is 0 Å². The smallest absolute Gasteiger partial charge is 0.256 e. The zero-order chi connectivity index (χ0) is 45.0. The molecule has 15 heteroatoms. The number of rotatable bonds is 10. The van der Waals surface area contributed by atoms with E-state index in [1.54, 1.807) is 35.1 Å². The predicted molar refractivity (Wildman–Crippen MR) is 258 cm³/mol. The molecule has 0 bridgehead atoms. The van der Waals surface area contributed by atoms with Crippen LogP contribution in [0.1, 0.15) is 54.2 Å². The molecule has 0 spiro atoms. The first-order valence-electron chi connectivity index (χ1n) is 20.3. The molecule has 9 rings (SSSR count). The molecular formula is C49H57N5O8S2. The Morgan fingerprint density at radius 2 is 1.19 bits per heavy atom. The first-order valence-corrected chi connectivity index (χ1v) is 21.8. The Morgan fingerprint density at radius 3 is 1.73 bits per heavy atom. The summed E-state index contributed by atoms with van der Waals surface area (Å²) in [5.74, 6) is -0.0742. The molecule has 0 atom stereocenters. The van der Waals surface area contributed by atoms with Crippen LogP contribution in [-0.2, 0) is 34.7 Å². The SMILES string of the molecule is C.C1CCNC1.CCO.CN(C)OOSc1ccc2c(c1)/C(=C/c1ccc3cccccc1-3)C(=O)N2.CN(C)OOSc1ccc2c(c1)CC(=O)N2.O=Cc1ccc2cccccc1-2. The molecule has 2 amide bonds. The minimum absolute atomic E-state index is 0. The number of hydrogen-bond donors (Lipinski definition) is 4. The van der Waals surface area contributed by atoms with Gasteiger partial charge in [-0.15, -0.1) is 18.6 Å². The number of carbonyl (C=O) groups is 3. The molecule has 7 aliphatic rings. The van der Waals surface area contributed by atoms with Gasteiger partial charge in [-0.05, 0) is 109 Å². The van der Waals surface area contributed by atoms with Crippen LogP contribution in [0, 0.1) is 0 Å². The van der Waals surface area contributed by atoms with Crippen molar-refractivity contribution in [3.05, 3.63) is 144 Å². The Kier molecular flexibility index (Phi) is 21.6. The molecule has 338 valence electrons. The molecule has 0 saturated carbocycles. The zero-order valence-electron chi connectivity index (χ0n) is 36.0. The second-order valence-corrected chi connectivity index (χ2v) is 15.9. The summed E-state index contributed by atoms with van der Waals surface area (Å²) in [4.78, 5) is 45.7. The fourth-order valence-corrected chi connectivity index (χ4v) is 7.40. The number of aliphatic hydroxyl groups excluding tert-OH is 1. The van der Waals surface area contributed by atoms with Crippen LogP contribution < -0.4 is 16.0 Å². The van der Waals surface area contributed by atoms with Crippen LogP contribution in [0.3, 0.4) is 0 Å². The molecule has 1 saturated heterocycles. The van der Waals surface area contributed by atoms with E-state index in [-0.39, 0.29) is 25.8 Å². The van der Waals surface area contributed by atoms with Gasteiger partial charge in [0.05, 0.1) is 30.5 Å². The third-order valence-corrected chi connectivity index (χ3v) is 10.3. The number of fused-ring (bicyclic) bond motifs is 4. The van der Waals surface area contributed by atoms with Gasteiger partial charge in [-0.1, -0.05) is 92.4 Å². The Labute approximate surface area is 385 Å². The molecule has 3 heterocycles. The van der Waals surface area contributed by atoms with Crippen molar-refractivity contribution in [3.8, 4) is 22.3 Å². The molecule has 0 radical (unpaired) electrons. The van der Waals surface area contributed by atoms with Crippen molar-refractivity contribution in [2.45, 2.75) is 43.4 Å². The van der Waals surface area contributed by atoms with Gasteiger partial charge in [0.25, 0.3) is 5.91 Å². The number of benzene rings is 2. The highest BCUT2D eigenvalue weighted by Crippen LogP contribution is 2.38. The Morgan fingerprint density at radius 1 is 0.656 bits per heavy atom. The summed E-state index contributed by atoms with van der Waals surface area (Å²) in [5.41, 5.74) is 10.3. The summed E-state index contributed by atoms with van der Waals surface area (Å²) in [5, 5.41) is 19.4. The zero-order valence-corrected chi connectivity index (χ0v) is 37.6. The summed E-state index contributed by atoms with van der Waals surface area (Å²) in [7, 11) is 6.92. The molecule has 2 aromatic rings. The van der Waals surface area contributed by atoms with Crippen LogP contribution in [-0.4, -0.2) is 81.2 Å². The topological polar surface area (TPSA) is 151 Å². The largest absolute Gasteiger partial charge is 0.397 e. The Bertz CT molecular complexity index is 2360. The predicted octanol–water partition coefficient (Wildman–Crippen LogP) is 9.94. The monoisotopic (exact) mass is 907 g/mol. The van der Waals surface area contributed by atoms with Crippen LogP contribution >= 0.6 is 24.1 Å². The van der Waals surface area contributed by atoms with Crippen molar-refractivity contribution in [2.75, 3.05) is 58.5 Å². The third-order valence-electron chi connectivity index (χ3n) is 9.13. The number of aldehydes is 1. The normalized spacial score (nSPS) is 13.8. The van der Waals surface area contributed by atoms with Crippen LogP contribution in [0.25, 0.3) is 33.9 Å². The first kappa shape index (κ1) is 51.2. The van der Waals surface area contributed by atoms with Crippen LogP contribution in [0.15, 0.2) is 131 Å². The van der Waals surface area contributed by atoms with Gasteiger partial charge in [-0.3, -0.25) is 14.4 Å². The van der Waals surface area contributed by atoms with Crippen LogP contribution in [0.4, 0.5) is 11.4 Å². The van der Waals surface area contributed by atoms with Gasteiger partial charge in [0, 0.05) is 72.7 Å². The lowest BCUT2D eigenvalue weighted by atomic mass is 10.0. The highest BCUT2D eigenvalue weighted by Gasteiger charge is 2.25. The van der Waals surface area contributed by atoms with E-state index in [2.05, 4.69) is 34.1 Å². The van der Waals surface area contributed by atoms with E-state index in [4.69, 9.17) is 23.8 Å². The molecule has 0 aromatic heterocycles. The lowest BCUT2D eigenvalue weighted by molar-refractivity contribution is -0.340. The van der Waals surface area contributed by atoms with Crippen molar-refractivity contribution in [1.82, 2.24) is 15.4 Å². The van der Waals surface area contributed by atoms with Gasteiger partial charge in [-0.25, -0.2) is 0 Å². The van der Waals surface area contributed by atoms with E-state index >= 15 is 0 Å². The van der Waals surface area contributed by atoms with Crippen molar-refractivity contribution in [2.24, 2.45) is 0 Å². The molecule has 4 aliphatic carbocycles. The third kappa shape index (κ3) is 15.7. The average molecular weight is 908 g/mol. The van der Waals surface area contributed by atoms with Gasteiger partial charge in [0.2, 0.25) is 5.91 Å². The van der Waals surface area contributed by atoms with Crippen molar-refractivity contribution in [1.29, 1.82) is 0 Å². The number of hydroxylamine groups is 4. The van der Waals surface area contributed by atoms with E-state index in [9.17, 15) is 14.4 Å². The molecule has 4 N–H and O–H groups in total. The van der Waals surface area contributed by atoms with E-state index in [0.29, 0.717) is 12.0 Å². The molecule has 1 fully saturated rings. The first-order chi connectivity index (χ1) is 30.6. The van der Waals surface area contributed by atoms with Crippen molar-refractivity contribution < 1.29 is 38.1 Å². The molecule has 13 nitrogen and oxygen atoms in total.